The van der Waals surface area contributed by atoms with Gasteiger partial charge in [0.25, 0.3) is 10.0 Å². The minimum atomic E-state index is -3.48. The zero-order valence-electron chi connectivity index (χ0n) is 10.0. The Labute approximate surface area is 102 Å². The van der Waals surface area contributed by atoms with Gasteiger partial charge in [0, 0.05) is 26.3 Å². The van der Waals surface area contributed by atoms with Gasteiger partial charge in [0.05, 0.1) is 5.69 Å². The zero-order chi connectivity index (χ0) is 12.5. The first-order chi connectivity index (χ1) is 8.07. The van der Waals surface area contributed by atoms with Crippen LogP contribution in [0.3, 0.4) is 0 Å². The number of sulfonamides is 1. The van der Waals surface area contributed by atoms with Crippen LogP contribution in [0.5, 0.6) is 0 Å². The Morgan fingerprint density at radius 2 is 2.18 bits per heavy atom. The molecule has 0 amide bonds. The Morgan fingerprint density at radius 3 is 2.71 bits per heavy atom. The maximum atomic E-state index is 12.4. The van der Waals surface area contributed by atoms with Crippen molar-refractivity contribution in [2.75, 3.05) is 19.4 Å². The molecule has 1 saturated carbocycles. The molecule has 0 atom stereocenters. The van der Waals surface area contributed by atoms with Crippen molar-refractivity contribution in [3.63, 3.8) is 0 Å². The molecule has 6 heteroatoms. The van der Waals surface area contributed by atoms with E-state index in [1.807, 2.05) is 0 Å². The van der Waals surface area contributed by atoms with Crippen LogP contribution in [0.1, 0.15) is 19.3 Å². The molecule has 5 nitrogen and oxygen atoms in total. The van der Waals surface area contributed by atoms with Gasteiger partial charge in [0.1, 0.15) is 0 Å². The molecule has 0 aromatic carbocycles. The second-order valence-corrected chi connectivity index (χ2v) is 6.12. The van der Waals surface area contributed by atoms with Crippen molar-refractivity contribution in [3.8, 4) is 0 Å². The SMILES string of the molecule is CNc1cccnc1S(=O)(=O)N(C)C1CCC1. The lowest BCUT2D eigenvalue weighted by molar-refractivity contribution is 0.249. The quantitative estimate of drug-likeness (QED) is 0.880. The third-order valence-corrected chi connectivity index (χ3v) is 5.12. The molecular formula is C11H17N3O2S. The normalized spacial score (nSPS) is 16.9. The molecule has 0 unspecified atom stereocenters. The predicted molar refractivity (Wildman–Crippen MR) is 66.4 cm³/mol. The number of aromatic nitrogens is 1. The van der Waals surface area contributed by atoms with E-state index in [9.17, 15) is 8.42 Å². The topological polar surface area (TPSA) is 62.3 Å². The maximum absolute atomic E-state index is 12.4. The van der Waals surface area contributed by atoms with E-state index >= 15 is 0 Å². The summed E-state index contributed by atoms with van der Waals surface area (Å²) < 4.78 is 26.2. The molecule has 0 spiro atoms. The molecule has 0 bridgehead atoms. The monoisotopic (exact) mass is 255 g/mol. The molecule has 0 aliphatic heterocycles. The third kappa shape index (κ3) is 2.14. The fourth-order valence-corrected chi connectivity index (χ4v) is 3.39. The molecule has 17 heavy (non-hydrogen) atoms. The molecule has 1 heterocycles. The lowest BCUT2D eigenvalue weighted by Crippen LogP contribution is -2.41. The van der Waals surface area contributed by atoms with Gasteiger partial charge in [-0.25, -0.2) is 13.4 Å². The Morgan fingerprint density at radius 1 is 1.47 bits per heavy atom. The van der Waals surface area contributed by atoms with Crippen LogP contribution in [-0.2, 0) is 10.0 Å². The summed E-state index contributed by atoms with van der Waals surface area (Å²) in [7, 11) is -0.156. The average molecular weight is 255 g/mol. The van der Waals surface area contributed by atoms with E-state index in [1.54, 1.807) is 26.2 Å². The molecule has 0 saturated heterocycles. The highest BCUT2D eigenvalue weighted by Crippen LogP contribution is 2.29. The smallest absolute Gasteiger partial charge is 0.262 e. The van der Waals surface area contributed by atoms with Gasteiger partial charge in [0.15, 0.2) is 5.03 Å². The molecule has 1 aliphatic carbocycles. The van der Waals surface area contributed by atoms with E-state index in [0.29, 0.717) is 5.69 Å². The van der Waals surface area contributed by atoms with E-state index in [4.69, 9.17) is 0 Å². The molecule has 1 fully saturated rings. The van der Waals surface area contributed by atoms with Gasteiger partial charge < -0.3 is 5.32 Å². The largest absolute Gasteiger partial charge is 0.386 e. The number of nitrogens with one attached hydrogen (secondary N) is 1. The first-order valence-corrected chi connectivity index (χ1v) is 7.12. The number of hydrogen-bond acceptors (Lipinski definition) is 4. The van der Waals surface area contributed by atoms with Gasteiger partial charge >= 0.3 is 0 Å². The van der Waals surface area contributed by atoms with Crippen LogP contribution in [0.2, 0.25) is 0 Å². The molecule has 1 aliphatic rings. The van der Waals surface area contributed by atoms with Gasteiger partial charge in [-0.3, -0.25) is 0 Å². The Kier molecular flexibility index (Phi) is 3.35. The average Bonchev–Trinajstić information content (AvgIpc) is 2.26. The summed E-state index contributed by atoms with van der Waals surface area (Å²) >= 11 is 0. The van der Waals surface area contributed by atoms with Gasteiger partial charge in [0.2, 0.25) is 0 Å². The van der Waals surface area contributed by atoms with E-state index < -0.39 is 10.0 Å². The van der Waals surface area contributed by atoms with E-state index in [1.165, 1.54) is 10.5 Å². The second kappa shape index (κ2) is 4.62. The van der Waals surface area contributed by atoms with Crippen LogP contribution in [0.4, 0.5) is 5.69 Å². The van der Waals surface area contributed by atoms with Crippen LogP contribution in [0, 0.1) is 0 Å². The van der Waals surface area contributed by atoms with Crippen molar-refractivity contribution in [3.05, 3.63) is 18.3 Å². The van der Waals surface area contributed by atoms with Gasteiger partial charge in [-0.2, -0.15) is 4.31 Å². The highest BCUT2D eigenvalue weighted by Gasteiger charge is 2.33. The summed E-state index contributed by atoms with van der Waals surface area (Å²) in [5.41, 5.74) is 0.540. The van der Waals surface area contributed by atoms with Crippen molar-refractivity contribution in [2.24, 2.45) is 0 Å². The molecule has 0 radical (unpaired) electrons. The highest BCUT2D eigenvalue weighted by atomic mass is 32.2. The number of anilines is 1. The van der Waals surface area contributed by atoms with E-state index in [2.05, 4.69) is 10.3 Å². The van der Waals surface area contributed by atoms with Crippen LogP contribution in [0.25, 0.3) is 0 Å². The van der Waals surface area contributed by atoms with Crippen molar-refractivity contribution >= 4 is 15.7 Å². The highest BCUT2D eigenvalue weighted by molar-refractivity contribution is 7.89. The number of rotatable bonds is 4. The predicted octanol–water partition coefficient (Wildman–Crippen LogP) is 1.30. The lowest BCUT2D eigenvalue weighted by atomic mass is 9.94. The summed E-state index contributed by atoms with van der Waals surface area (Å²) in [6, 6.07) is 3.56. The van der Waals surface area contributed by atoms with Gasteiger partial charge in [-0.15, -0.1) is 0 Å². The molecule has 94 valence electrons. The second-order valence-electron chi connectivity index (χ2n) is 4.21. The van der Waals surface area contributed by atoms with Crippen LogP contribution < -0.4 is 5.32 Å². The Bertz CT molecular complexity index is 497. The fourth-order valence-electron chi connectivity index (χ4n) is 1.87. The Balaban J connectivity index is 2.36. The molecule has 1 N–H and O–H groups in total. The van der Waals surface area contributed by atoms with Crippen molar-refractivity contribution in [1.29, 1.82) is 0 Å². The lowest BCUT2D eigenvalue weighted by Gasteiger charge is -2.33. The van der Waals surface area contributed by atoms with Gasteiger partial charge in [-0.05, 0) is 25.0 Å². The van der Waals surface area contributed by atoms with Crippen molar-refractivity contribution in [2.45, 2.75) is 30.3 Å². The standard InChI is InChI=1S/C11H17N3O2S/c1-12-10-7-4-8-13-11(10)17(15,16)14(2)9-5-3-6-9/h4,7-9,12H,3,5-6H2,1-2H3. The van der Waals surface area contributed by atoms with E-state index in [0.717, 1.165) is 19.3 Å². The Hall–Kier alpha value is -1.14. The first kappa shape index (κ1) is 12.3. The van der Waals surface area contributed by atoms with Crippen LogP contribution in [0.15, 0.2) is 23.4 Å². The molecule has 1 aromatic rings. The van der Waals surface area contributed by atoms with Gasteiger partial charge in [-0.1, -0.05) is 6.42 Å². The number of nitrogens with zero attached hydrogens (tertiary/aromatic N) is 2. The molecular weight excluding hydrogens is 238 g/mol. The summed E-state index contributed by atoms with van der Waals surface area (Å²) in [5.74, 6) is 0. The minimum Gasteiger partial charge on any atom is -0.386 e. The summed E-state index contributed by atoms with van der Waals surface area (Å²) in [5, 5.41) is 2.97. The third-order valence-electron chi connectivity index (χ3n) is 3.25. The van der Waals surface area contributed by atoms with Crippen molar-refractivity contribution in [1.82, 2.24) is 9.29 Å². The zero-order valence-corrected chi connectivity index (χ0v) is 10.9. The number of pyridine rings is 1. The number of hydrogen-bond donors (Lipinski definition) is 1. The molecule has 2 rings (SSSR count). The fraction of sp³-hybridized carbons (Fsp3) is 0.545. The van der Waals surface area contributed by atoms with E-state index in [-0.39, 0.29) is 11.1 Å². The molecule has 1 aromatic heterocycles. The summed E-state index contributed by atoms with van der Waals surface area (Å²) in [4.78, 5) is 3.99. The minimum absolute atomic E-state index is 0.108. The van der Waals surface area contributed by atoms with Crippen LogP contribution >= 0.6 is 0 Å². The summed E-state index contributed by atoms with van der Waals surface area (Å²) in [6.45, 7) is 0. The summed E-state index contributed by atoms with van der Waals surface area (Å²) in [6.07, 6.45) is 4.49. The maximum Gasteiger partial charge on any atom is 0.262 e. The first-order valence-electron chi connectivity index (χ1n) is 5.68. The van der Waals surface area contributed by atoms with Crippen molar-refractivity contribution < 1.29 is 8.42 Å². The van der Waals surface area contributed by atoms with Crippen LogP contribution in [-0.4, -0.2) is 37.8 Å².